The molecule has 0 saturated carbocycles. The fourth-order valence-corrected chi connectivity index (χ4v) is 1.79. The van der Waals surface area contributed by atoms with Gasteiger partial charge >= 0.3 is 6.18 Å². The molecule has 1 fully saturated rings. The van der Waals surface area contributed by atoms with Crippen LogP contribution in [0.25, 0.3) is 0 Å². The number of aromatic nitrogens is 1. The number of alkyl halides is 3. The lowest BCUT2D eigenvalue weighted by Crippen LogP contribution is -2.30. The van der Waals surface area contributed by atoms with Gasteiger partial charge in [0.15, 0.2) is 5.11 Å². The molecule has 3 nitrogen and oxygen atoms in total. The van der Waals surface area contributed by atoms with Crippen LogP contribution in [-0.4, -0.2) is 23.2 Å². The third kappa shape index (κ3) is 1.95. The Balaban J connectivity index is 2.44. The van der Waals surface area contributed by atoms with Crippen LogP contribution >= 0.6 is 12.2 Å². The molecule has 16 heavy (non-hydrogen) atoms. The van der Waals surface area contributed by atoms with Crippen molar-refractivity contribution in [3.63, 3.8) is 0 Å². The number of nitrogens with zero attached hydrogens (tertiary/aromatic N) is 2. The van der Waals surface area contributed by atoms with Crippen LogP contribution in [0.5, 0.6) is 0 Å². The Hall–Kier alpha value is -1.37. The molecule has 2 rings (SSSR count). The first-order valence-corrected chi connectivity index (χ1v) is 4.98. The molecule has 0 spiro atoms. The standard InChI is InChI=1S/C9H8F3N3S/c10-9(11,12)6-2-1-3-13-7(6)15-5-4-14-8(15)16/h1-3H,4-5H2,(H,14,16). The van der Waals surface area contributed by atoms with E-state index in [1.165, 1.54) is 17.2 Å². The summed E-state index contributed by atoms with van der Waals surface area (Å²) in [6.45, 7) is 0.936. The molecule has 1 N–H and O–H groups in total. The van der Waals surface area contributed by atoms with E-state index < -0.39 is 11.7 Å². The van der Waals surface area contributed by atoms with Gasteiger partial charge < -0.3 is 10.2 Å². The fourth-order valence-electron chi connectivity index (χ4n) is 1.51. The molecule has 1 aliphatic rings. The van der Waals surface area contributed by atoms with Crippen LogP contribution in [0.15, 0.2) is 18.3 Å². The van der Waals surface area contributed by atoms with Crippen molar-refractivity contribution in [3.05, 3.63) is 23.9 Å². The highest BCUT2D eigenvalue weighted by Crippen LogP contribution is 2.35. The zero-order valence-corrected chi connectivity index (χ0v) is 8.90. The van der Waals surface area contributed by atoms with E-state index in [4.69, 9.17) is 12.2 Å². The number of pyridine rings is 1. The molecule has 0 atom stereocenters. The van der Waals surface area contributed by atoms with Gasteiger partial charge in [-0.25, -0.2) is 4.98 Å². The highest BCUT2D eigenvalue weighted by Gasteiger charge is 2.37. The number of nitrogens with one attached hydrogen (secondary N) is 1. The summed E-state index contributed by atoms with van der Waals surface area (Å²) in [7, 11) is 0. The van der Waals surface area contributed by atoms with Crippen LogP contribution in [-0.2, 0) is 6.18 Å². The minimum Gasteiger partial charge on any atom is -0.360 e. The summed E-state index contributed by atoms with van der Waals surface area (Å²) in [5.74, 6) is -0.134. The van der Waals surface area contributed by atoms with Gasteiger partial charge in [0.05, 0.1) is 5.56 Å². The van der Waals surface area contributed by atoms with Gasteiger partial charge in [-0.2, -0.15) is 13.2 Å². The monoisotopic (exact) mass is 247 g/mol. The zero-order valence-electron chi connectivity index (χ0n) is 8.08. The van der Waals surface area contributed by atoms with Crippen molar-refractivity contribution < 1.29 is 13.2 Å². The molecule has 1 saturated heterocycles. The maximum absolute atomic E-state index is 12.7. The summed E-state index contributed by atoms with van der Waals surface area (Å²) in [5, 5.41) is 3.08. The van der Waals surface area contributed by atoms with Crippen molar-refractivity contribution in [2.24, 2.45) is 0 Å². The molecule has 0 bridgehead atoms. The maximum Gasteiger partial charge on any atom is 0.419 e. The quantitative estimate of drug-likeness (QED) is 0.766. The Morgan fingerprint density at radius 3 is 2.75 bits per heavy atom. The second-order valence-corrected chi connectivity index (χ2v) is 3.64. The smallest absolute Gasteiger partial charge is 0.360 e. The van der Waals surface area contributed by atoms with E-state index in [1.54, 1.807) is 0 Å². The minimum atomic E-state index is -4.41. The third-order valence-electron chi connectivity index (χ3n) is 2.20. The van der Waals surface area contributed by atoms with Crippen molar-refractivity contribution in [1.82, 2.24) is 10.3 Å². The van der Waals surface area contributed by atoms with Crippen molar-refractivity contribution in [1.29, 1.82) is 0 Å². The molecule has 0 unspecified atom stereocenters. The first-order chi connectivity index (χ1) is 7.50. The number of rotatable bonds is 1. The van der Waals surface area contributed by atoms with E-state index in [0.29, 0.717) is 13.1 Å². The topological polar surface area (TPSA) is 28.2 Å². The number of halogens is 3. The normalized spacial score (nSPS) is 16.4. The van der Waals surface area contributed by atoms with Gasteiger partial charge in [0, 0.05) is 19.3 Å². The Bertz CT molecular complexity index is 419. The number of thiocarbonyl (C=S) groups is 1. The summed E-state index contributed by atoms with van der Waals surface area (Å²) in [4.78, 5) is 5.12. The predicted octanol–water partition coefficient (Wildman–Crippen LogP) is 1.79. The van der Waals surface area contributed by atoms with Crippen LogP contribution in [0.3, 0.4) is 0 Å². The van der Waals surface area contributed by atoms with Gasteiger partial charge in [-0.3, -0.25) is 0 Å². The summed E-state index contributed by atoms with van der Waals surface area (Å²) < 4.78 is 38.1. The molecule has 0 aromatic carbocycles. The Morgan fingerprint density at radius 2 is 2.19 bits per heavy atom. The number of hydrogen-bond donors (Lipinski definition) is 1. The molecule has 0 amide bonds. The fraction of sp³-hybridized carbons (Fsp3) is 0.333. The van der Waals surface area contributed by atoms with E-state index in [2.05, 4.69) is 10.3 Å². The van der Waals surface area contributed by atoms with Gasteiger partial charge in [-0.05, 0) is 24.4 Å². The lowest BCUT2D eigenvalue weighted by atomic mass is 10.2. The van der Waals surface area contributed by atoms with Gasteiger partial charge in [0.2, 0.25) is 0 Å². The van der Waals surface area contributed by atoms with Crippen LogP contribution in [0.2, 0.25) is 0 Å². The van der Waals surface area contributed by atoms with Gasteiger partial charge in [-0.1, -0.05) is 0 Å². The van der Waals surface area contributed by atoms with E-state index in [1.807, 2.05) is 0 Å². The van der Waals surface area contributed by atoms with E-state index in [9.17, 15) is 13.2 Å². The number of hydrogen-bond acceptors (Lipinski definition) is 2. The molecule has 0 aliphatic carbocycles. The summed E-state index contributed by atoms with van der Waals surface area (Å²) in [6.07, 6.45) is -3.09. The third-order valence-corrected chi connectivity index (χ3v) is 2.57. The maximum atomic E-state index is 12.7. The second kappa shape index (κ2) is 3.89. The highest BCUT2D eigenvalue weighted by molar-refractivity contribution is 7.80. The van der Waals surface area contributed by atoms with E-state index >= 15 is 0 Å². The molecule has 0 radical (unpaired) electrons. The summed E-state index contributed by atoms with van der Waals surface area (Å²) in [6, 6.07) is 2.27. The largest absolute Gasteiger partial charge is 0.419 e. The van der Waals surface area contributed by atoms with Crippen LogP contribution in [0.4, 0.5) is 19.0 Å². The van der Waals surface area contributed by atoms with Crippen molar-refractivity contribution in [2.45, 2.75) is 6.18 Å². The van der Waals surface area contributed by atoms with Crippen LogP contribution in [0, 0.1) is 0 Å². The predicted molar refractivity (Wildman–Crippen MR) is 57.2 cm³/mol. The van der Waals surface area contributed by atoms with Crippen molar-refractivity contribution in [3.8, 4) is 0 Å². The van der Waals surface area contributed by atoms with Crippen molar-refractivity contribution in [2.75, 3.05) is 18.0 Å². The molecule has 2 heterocycles. The van der Waals surface area contributed by atoms with Crippen LogP contribution < -0.4 is 10.2 Å². The Morgan fingerprint density at radius 1 is 1.44 bits per heavy atom. The Labute approximate surface area is 95.3 Å². The highest BCUT2D eigenvalue weighted by atomic mass is 32.1. The van der Waals surface area contributed by atoms with Gasteiger partial charge in [0.1, 0.15) is 5.82 Å². The van der Waals surface area contributed by atoms with E-state index in [0.717, 1.165) is 6.07 Å². The van der Waals surface area contributed by atoms with E-state index in [-0.39, 0.29) is 10.9 Å². The number of anilines is 1. The second-order valence-electron chi connectivity index (χ2n) is 3.26. The summed E-state index contributed by atoms with van der Waals surface area (Å²) >= 11 is 4.91. The SMILES string of the molecule is FC(F)(F)c1cccnc1N1CCNC1=S. The Kier molecular flexibility index (Phi) is 2.71. The minimum absolute atomic E-state index is 0.134. The first kappa shape index (κ1) is 11.1. The molecular formula is C9H8F3N3S. The molecule has 86 valence electrons. The van der Waals surface area contributed by atoms with Crippen LogP contribution in [0.1, 0.15) is 5.56 Å². The lowest BCUT2D eigenvalue weighted by molar-refractivity contribution is -0.137. The molecule has 7 heteroatoms. The average Bonchev–Trinajstić information content (AvgIpc) is 2.63. The summed E-state index contributed by atoms with van der Waals surface area (Å²) in [5.41, 5.74) is -0.763. The van der Waals surface area contributed by atoms with Gasteiger partial charge in [-0.15, -0.1) is 0 Å². The zero-order chi connectivity index (χ0) is 11.8. The molecule has 1 aromatic rings. The van der Waals surface area contributed by atoms with Gasteiger partial charge in [0.25, 0.3) is 0 Å². The lowest BCUT2D eigenvalue weighted by Gasteiger charge is -2.19. The first-order valence-electron chi connectivity index (χ1n) is 4.58. The average molecular weight is 247 g/mol. The molecular weight excluding hydrogens is 239 g/mol. The molecule has 1 aromatic heterocycles. The molecule has 1 aliphatic heterocycles. The van der Waals surface area contributed by atoms with Crippen molar-refractivity contribution >= 4 is 23.1 Å².